The first-order valence-electron chi connectivity index (χ1n) is 5.12. The molecule has 0 amide bonds. The Morgan fingerprint density at radius 3 is 2.59 bits per heavy atom. The van der Waals surface area contributed by atoms with E-state index in [0.29, 0.717) is 5.69 Å². The molecule has 3 rings (SSSR count). The average Bonchev–Trinajstić information content (AvgIpc) is 2.73. The van der Waals surface area contributed by atoms with Gasteiger partial charge in [0.2, 0.25) is 0 Å². The fourth-order valence-electron chi connectivity index (χ4n) is 1.81. The van der Waals surface area contributed by atoms with Gasteiger partial charge < -0.3 is 10.7 Å². The van der Waals surface area contributed by atoms with Crippen molar-refractivity contribution in [2.75, 3.05) is 5.73 Å². The number of halogens is 1. The lowest BCUT2D eigenvalue weighted by atomic mass is 10.1. The fourth-order valence-corrected chi connectivity index (χ4v) is 1.81. The molecule has 0 spiro atoms. The lowest BCUT2D eigenvalue weighted by Gasteiger charge is -1.94. The third-order valence-corrected chi connectivity index (χ3v) is 2.58. The topological polar surface area (TPSA) is 54.7 Å². The number of anilines is 1. The van der Waals surface area contributed by atoms with Crippen molar-refractivity contribution < 1.29 is 0 Å². The first-order chi connectivity index (χ1) is 7.83. The van der Waals surface area contributed by atoms with Crippen molar-refractivity contribution in [1.82, 2.24) is 9.97 Å². The van der Waals surface area contributed by atoms with Crippen molar-refractivity contribution in [3.05, 3.63) is 48.7 Å². The van der Waals surface area contributed by atoms with E-state index in [2.05, 4.69) is 28.2 Å². The molecule has 3 N–H and O–H groups in total. The Morgan fingerprint density at radius 1 is 1.06 bits per heavy atom. The molecule has 0 fully saturated rings. The third-order valence-electron chi connectivity index (χ3n) is 2.58. The molecule has 0 aliphatic rings. The van der Waals surface area contributed by atoms with E-state index >= 15 is 0 Å². The molecule has 0 radical (unpaired) electrons. The number of nitrogen functional groups attached to an aromatic ring is 1. The number of H-pyrrole nitrogens is 1. The summed E-state index contributed by atoms with van der Waals surface area (Å²) >= 11 is 0. The van der Waals surface area contributed by atoms with Gasteiger partial charge in [0.15, 0.2) is 0 Å². The first-order valence-corrected chi connectivity index (χ1v) is 5.12. The molecule has 0 aliphatic carbocycles. The smallest absolute Gasteiger partial charge is 0.137 e. The van der Waals surface area contributed by atoms with E-state index in [1.807, 2.05) is 24.3 Å². The maximum absolute atomic E-state index is 5.70. The van der Waals surface area contributed by atoms with Crippen LogP contribution in [-0.2, 0) is 0 Å². The van der Waals surface area contributed by atoms with Crippen molar-refractivity contribution >= 4 is 29.1 Å². The van der Waals surface area contributed by atoms with Crippen LogP contribution in [0, 0.1) is 0 Å². The van der Waals surface area contributed by atoms with E-state index in [4.69, 9.17) is 5.73 Å². The minimum Gasteiger partial charge on any atom is -0.397 e. The van der Waals surface area contributed by atoms with Gasteiger partial charge in [0, 0.05) is 11.1 Å². The number of fused-ring (bicyclic) bond motifs is 1. The molecule has 3 nitrogen and oxygen atoms in total. The SMILES string of the molecule is Cl.Nc1cnc2[nH]c(-c3ccccc3)cc2c1. The predicted octanol–water partition coefficient (Wildman–Crippen LogP) is 3.23. The number of nitrogens with zero attached hydrogens (tertiary/aromatic N) is 1. The Labute approximate surface area is 105 Å². The second kappa shape index (κ2) is 4.47. The first kappa shape index (κ1) is 11.5. The molecular weight excluding hydrogens is 234 g/mol. The van der Waals surface area contributed by atoms with E-state index < -0.39 is 0 Å². The molecule has 0 atom stereocenters. The summed E-state index contributed by atoms with van der Waals surface area (Å²) in [4.78, 5) is 7.52. The van der Waals surface area contributed by atoms with Gasteiger partial charge in [-0.15, -0.1) is 12.4 Å². The van der Waals surface area contributed by atoms with Gasteiger partial charge in [0.25, 0.3) is 0 Å². The maximum atomic E-state index is 5.70. The molecule has 86 valence electrons. The van der Waals surface area contributed by atoms with Gasteiger partial charge in [-0.1, -0.05) is 30.3 Å². The van der Waals surface area contributed by atoms with Crippen molar-refractivity contribution in [3.63, 3.8) is 0 Å². The molecule has 4 heteroatoms. The monoisotopic (exact) mass is 245 g/mol. The van der Waals surface area contributed by atoms with Gasteiger partial charge in [-0.3, -0.25) is 0 Å². The number of pyridine rings is 1. The highest BCUT2D eigenvalue weighted by atomic mass is 35.5. The van der Waals surface area contributed by atoms with Crippen LogP contribution in [-0.4, -0.2) is 9.97 Å². The van der Waals surface area contributed by atoms with Crippen LogP contribution in [0.1, 0.15) is 0 Å². The lowest BCUT2D eigenvalue weighted by Crippen LogP contribution is -1.85. The van der Waals surface area contributed by atoms with Crippen LogP contribution in [0.5, 0.6) is 0 Å². The van der Waals surface area contributed by atoms with E-state index in [0.717, 1.165) is 22.3 Å². The number of nitrogens with one attached hydrogen (secondary N) is 1. The summed E-state index contributed by atoms with van der Waals surface area (Å²) in [6, 6.07) is 14.1. The Bertz CT molecular complexity index is 631. The van der Waals surface area contributed by atoms with Crippen molar-refractivity contribution in [2.24, 2.45) is 0 Å². The Hall–Kier alpha value is -2.00. The van der Waals surface area contributed by atoms with E-state index in [9.17, 15) is 0 Å². The molecule has 0 bridgehead atoms. The zero-order chi connectivity index (χ0) is 11.0. The zero-order valence-corrected chi connectivity index (χ0v) is 9.87. The fraction of sp³-hybridized carbons (Fsp3) is 0. The molecule has 0 saturated carbocycles. The number of rotatable bonds is 1. The number of aromatic amines is 1. The average molecular weight is 246 g/mol. The van der Waals surface area contributed by atoms with E-state index in [1.54, 1.807) is 6.20 Å². The minimum atomic E-state index is 0. The number of benzene rings is 1. The van der Waals surface area contributed by atoms with Crippen LogP contribution in [0.25, 0.3) is 22.3 Å². The van der Waals surface area contributed by atoms with Gasteiger partial charge in [0.05, 0.1) is 11.9 Å². The molecule has 0 saturated heterocycles. The quantitative estimate of drug-likeness (QED) is 0.692. The molecule has 3 aromatic rings. The second-order valence-electron chi connectivity index (χ2n) is 3.76. The normalized spacial score (nSPS) is 10.1. The number of hydrogen-bond acceptors (Lipinski definition) is 2. The molecule has 2 aromatic heterocycles. The lowest BCUT2D eigenvalue weighted by molar-refractivity contribution is 1.33. The van der Waals surface area contributed by atoms with Crippen LogP contribution >= 0.6 is 12.4 Å². The maximum Gasteiger partial charge on any atom is 0.137 e. The Kier molecular flexibility index (Phi) is 3.02. The highest BCUT2D eigenvalue weighted by Gasteiger charge is 2.03. The summed E-state index contributed by atoms with van der Waals surface area (Å²) in [7, 11) is 0. The van der Waals surface area contributed by atoms with Gasteiger partial charge in [0.1, 0.15) is 5.65 Å². The van der Waals surface area contributed by atoms with Gasteiger partial charge in [-0.25, -0.2) is 4.98 Å². The largest absolute Gasteiger partial charge is 0.397 e. The standard InChI is InChI=1S/C13H11N3.ClH/c14-11-6-10-7-12(16-13(10)15-8-11)9-4-2-1-3-5-9;/h1-8H,14H2,(H,15,16);1H. The Morgan fingerprint density at radius 2 is 1.82 bits per heavy atom. The van der Waals surface area contributed by atoms with Gasteiger partial charge in [-0.05, 0) is 17.7 Å². The summed E-state index contributed by atoms with van der Waals surface area (Å²) in [6.45, 7) is 0. The van der Waals surface area contributed by atoms with Gasteiger partial charge in [-0.2, -0.15) is 0 Å². The van der Waals surface area contributed by atoms with Crippen LogP contribution < -0.4 is 5.73 Å². The highest BCUT2D eigenvalue weighted by molar-refractivity contribution is 5.85. The summed E-state index contributed by atoms with van der Waals surface area (Å²) in [5, 5.41) is 1.04. The molecular formula is C13H12ClN3. The highest BCUT2D eigenvalue weighted by Crippen LogP contribution is 2.23. The summed E-state index contributed by atoms with van der Waals surface area (Å²) in [5.41, 5.74) is 9.47. The summed E-state index contributed by atoms with van der Waals surface area (Å²) in [5.74, 6) is 0. The van der Waals surface area contributed by atoms with Crippen LogP contribution in [0.4, 0.5) is 5.69 Å². The number of aromatic nitrogens is 2. The predicted molar refractivity (Wildman–Crippen MR) is 73.2 cm³/mol. The van der Waals surface area contributed by atoms with Crippen molar-refractivity contribution in [1.29, 1.82) is 0 Å². The van der Waals surface area contributed by atoms with Crippen molar-refractivity contribution in [3.8, 4) is 11.3 Å². The molecule has 1 aromatic carbocycles. The second-order valence-corrected chi connectivity index (χ2v) is 3.76. The summed E-state index contributed by atoms with van der Waals surface area (Å²) in [6.07, 6.45) is 1.66. The molecule has 2 heterocycles. The molecule has 0 unspecified atom stereocenters. The Balaban J connectivity index is 0.00000108. The molecule has 0 aliphatic heterocycles. The van der Waals surface area contributed by atoms with E-state index in [1.165, 1.54) is 0 Å². The van der Waals surface area contributed by atoms with Gasteiger partial charge >= 0.3 is 0 Å². The molecule has 17 heavy (non-hydrogen) atoms. The van der Waals surface area contributed by atoms with E-state index in [-0.39, 0.29) is 12.4 Å². The van der Waals surface area contributed by atoms with Crippen LogP contribution in [0.2, 0.25) is 0 Å². The van der Waals surface area contributed by atoms with Crippen molar-refractivity contribution in [2.45, 2.75) is 0 Å². The van der Waals surface area contributed by atoms with Crippen LogP contribution in [0.15, 0.2) is 48.7 Å². The zero-order valence-electron chi connectivity index (χ0n) is 9.05. The number of nitrogens with two attached hydrogens (primary N) is 1. The van der Waals surface area contributed by atoms with Crippen LogP contribution in [0.3, 0.4) is 0 Å². The third kappa shape index (κ3) is 2.10. The summed E-state index contributed by atoms with van der Waals surface area (Å²) < 4.78 is 0. The number of hydrogen-bond donors (Lipinski definition) is 2. The minimum absolute atomic E-state index is 0.